The Labute approximate surface area is 169 Å². The van der Waals surface area contributed by atoms with Crippen LogP contribution in [0.1, 0.15) is 12.5 Å². The molecule has 0 fully saturated rings. The maximum Gasteiger partial charge on any atom is 0.432 e. The van der Waals surface area contributed by atoms with Crippen LogP contribution in [0.2, 0.25) is 5.02 Å². The van der Waals surface area contributed by atoms with Crippen LogP contribution in [-0.4, -0.2) is 36.9 Å². The summed E-state index contributed by atoms with van der Waals surface area (Å²) in [5, 5.41) is 13.0. The summed E-state index contributed by atoms with van der Waals surface area (Å²) in [6, 6.07) is 10.1. The number of aliphatic hydroxyl groups is 1. The van der Waals surface area contributed by atoms with Crippen molar-refractivity contribution in [3.05, 3.63) is 59.1 Å². The van der Waals surface area contributed by atoms with E-state index in [9.17, 15) is 27.9 Å². The van der Waals surface area contributed by atoms with Gasteiger partial charge in [0.05, 0.1) is 7.11 Å². The third-order valence-corrected chi connectivity index (χ3v) is 4.36. The van der Waals surface area contributed by atoms with Crippen LogP contribution in [0, 0.1) is 0 Å². The van der Waals surface area contributed by atoms with Gasteiger partial charge in [0.25, 0.3) is 5.60 Å². The van der Waals surface area contributed by atoms with Crippen LogP contribution in [0.4, 0.5) is 29.3 Å². The van der Waals surface area contributed by atoms with E-state index in [0.717, 1.165) is 19.2 Å². The first-order valence-corrected chi connectivity index (χ1v) is 8.74. The molecule has 0 aliphatic carbocycles. The number of benzene rings is 2. The smallest absolute Gasteiger partial charge is 0.432 e. The summed E-state index contributed by atoms with van der Waals surface area (Å²) in [6.45, 7) is 1.87. The summed E-state index contributed by atoms with van der Waals surface area (Å²) >= 11 is 5.87. The van der Waals surface area contributed by atoms with Gasteiger partial charge in [0.2, 0.25) is 0 Å². The molecule has 2 aromatic rings. The highest BCUT2D eigenvalue weighted by Gasteiger charge is 2.62. The highest BCUT2D eigenvalue weighted by Crippen LogP contribution is 2.40. The number of hydrogen-bond donors (Lipinski definition) is 2. The van der Waals surface area contributed by atoms with E-state index in [4.69, 9.17) is 11.6 Å². The summed E-state index contributed by atoms with van der Waals surface area (Å²) in [5.41, 5.74) is -3.85. The van der Waals surface area contributed by atoms with Crippen molar-refractivity contribution in [2.24, 2.45) is 0 Å². The number of alkyl halides is 3. The molecule has 2 amide bonds. The average molecular weight is 431 g/mol. The van der Waals surface area contributed by atoms with Crippen molar-refractivity contribution in [2.75, 3.05) is 23.9 Å². The quantitative estimate of drug-likeness (QED) is 0.692. The Bertz CT molecular complexity index is 890. The molecular weight excluding hydrogens is 413 g/mol. The van der Waals surface area contributed by atoms with Gasteiger partial charge in [-0.3, -0.25) is 4.90 Å². The molecule has 0 aliphatic rings. The standard InChI is InChI=1S/C19H18ClF3N2O4/c1-3-25(17(27)24-14-6-4-5-13(20)11-14)15-9-7-12(8-10-15)18(28,16(26)29-2)19(21,22)23/h4-11,28H,3H2,1-2H3,(H,24,27). The molecule has 0 saturated carbocycles. The van der Waals surface area contributed by atoms with Gasteiger partial charge in [-0.1, -0.05) is 29.8 Å². The molecule has 2 rings (SSSR count). The summed E-state index contributed by atoms with van der Waals surface area (Å²) in [5.74, 6) is -1.86. The molecule has 2 aromatic carbocycles. The van der Waals surface area contributed by atoms with Crippen molar-refractivity contribution in [2.45, 2.75) is 18.7 Å². The van der Waals surface area contributed by atoms with Crippen molar-refractivity contribution < 1.29 is 32.6 Å². The fourth-order valence-electron chi connectivity index (χ4n) is 2.63. The lowest BCUT2D eigenvalue weighted by atomic mass is 9.93. The third kappa shape index (κ3) is 4.63. The molecule has 6 nitrogen and oxygen atoms in total. The van der Waals surface area contributed by atoms with Gasteiger partial charge in [-0.2, -0.15) is 13.2 Å². The second-order valence-corrected chi connectivity index (χ2v) is 6.37. The van der Waals surface area contributed by atoms with Gasteiger partial charge < -0.3 is 15.2 Å². The minimum absolute atomic E-state index is 0.201. The summed E-state index contributed by atoms with van der Waals surface area (Å²) < 4.78 is 44.1. The van der Waals surface area contributed by atoms with Crippen LogP contribution in [0.3, 0.4) is 0 Å². The molecule has 0 spiro atoms. The van der Waals surface area contributed by atoms with Gasteiger partial charge in [-0.05, 0) is 37.3 Å². The van der Waals surface area contributed by atoms with E-state index in [1.807, 2.05) is 0 Å². The van der Waals surface area contributed by atoms with Gasteiger partial charge in [0.15, 0.2) is 0 Å². The Morgan fingerprint density at radius 1 is 1.17 bits per heavy atom. The fraction of sp³-hybridized carbons (Fsp3) is 0.263. The topological polar surface area (TPSA) is 78.9 Å². The second kappa shape index (κ2) is 8.71. The number of amides is 2. The predicted octanol–water partition coefficient (Wildman–Crippen LogP) is 4.32. The molecule has 10 heteroatoms. The maximum atomic E-state index is 13.3. The highest BCUT2D eigenvalue weighted by atomic mass is 35.5. The van der Waals surface area contributed by atoms with Crippen molar-refractivity contribution in [3.63, 3.8) is 0 Å². The summed E-state index contributed by atoms with van der Waals surface area (Å²) in [7, 11) is 0.742. The first kappa shape index (κ1) is 22.5. The predicted molar refractivity (Wildman–Crippen MR) is 102 cm³/mol. The van der Waals surface area contributed by atoms with E-state index in [1.165, 1.54) is 23.1 Å². The van der Waals surface area contributed by atoms with E-state index < -0.39 is 29.3 Å². The highest BCUT2D eigenvalue weighted by molar-refractivity contribution is 6.30. The van der Waals surface area contributed by atoms with Crippen LogP contribution in [0.5, 0.6) is 0 Å². The van der Waals surface area contributed by atoms with Crippen LogP contribution in [-0.2, 0) is 15.1 Å². The van der Waals surface area contributed by atoms with Crippen LogP contribution in [0.15, 0.2) is 48.5 Å². The van der Waals surface area contributed by atoms with Crippen molar-refractivity contribution in [1.82, 2.24) is 0 Å². The van der Waals surface area contributed by atoms with Crippen LogP contribution >= 0.6 is 11.6 Å². The first-order valence-electron chi connectivity index (χ1n) is 8.36. The van der Waals surface area contributed by atoms with Gasteiger partial charge in [0, 0.05) is 28.5 Å². The summed E-state index contributed by atoms with van der Waals surface area (Å²) in [6.07, 6.45) is -5.30. The van der Waals surface area contributed by atoms with E-state index in [2.05, 4.69) is 10.1 Å². The molecule has 0 saturated heterocycles. The zero-order chi connectivity index (χ0) is 21.8. The number of esters is 1. The lowest BCUT2D eigenvalue weighted by Gasteiger charge is -2.28. The number of nitrogens with zero attached hydrogens (tertiary/aromatic N) is 1. The van der Waals surface area contributed by atoms with E-state index in [0.29, 0.717) is 10.7 Å². The second-order valence-electron chi connectivity index (χ2n) is 5.93. The lowest BCUT2D eigenvalue weighted by molar-refractivity contribution is -0.266. The van der Waals surface area contributed by atoms with Gasteiger partial charge in [-0.25, -0.2) is 9.59 Å². The molecular formula is C19H18ClF3N2O4. The molecule has 0 heterocycles. The number of rotatable bonds is 5. The molecule has 0 radical (unpaired) electrons. The maximum absolute atomic E-state index is 13.3. The normalized spacial score (nSPS) is 13.3. The Morgan fingerprint density at radius 3 is 2.28 bits per heavy atom. The number of methoxy groups -OCH3 is 1. The van der Waals surface area contributed by atoms with Crippen LogP contribution in [0.25, 0.3) is 0 Å². The van der Waals surface area contributed by atoms with E-state index in [1.54, 1.807) is 25.1 Å². The first-order chi connectivity index (χ1) is 13.5. The SMILES string of the molecule is CCN(C(=O)Nc1cccc(Cl)c1)c1ccc(C(O)(C(=O)OC)C(F)(F)F)cc1. The summed E-state index contributed by atoms with van der Waals surface area (Å²) in [4.78, 5) is 25.4. The minimum atomic E-state index is -5.30. The molecule has 0 aliphatic heterocycles. The number of anilines is 2. The number of carbonyl (C=O) groups excluding carboxylic acids is 2. The van der Waals surface area contributed by atoms with E-state index >= 15 is 0 Å². The molecule has 2 N–H and O–H groups in total. The number of carbonyl (C=O) groups is 2. The Kier molecular flexibility index (Phi) is 6.76. The van der Waals surface area contributed by atoms with Gasteiger partial charge in [0.1, 0.15) is 0 Å². The number of halogens is 4. The van der Waals surface area contributed by atoms with Crippen LogP contribution < -0.4 is 10.2 Å². The number of hydrogen-bond acceptors (Lipinski definition) is 4. The Morgan fingerprint density at radius 2 is 1.79 bits per heavy atom. The molecule has 156 valence electrons. The molecule has 0 bridgehead atoms. The largest absolute Gasteiger partial charge is 0.466 e. The lowest BCUT2D eigenvalue weighted by Crippen LogP contribution is -2.49. The molecule has 0 aromatic heterocycles. The van der Waals surface area contributed by atoms with Crippen molar-refractivity contribution >= 4 is 35.0 Å². The number of urea groups is 1. The van der Waals surface area contributed by atoms with E-state index in [-0.39, 0.29) is 12.2 Å². The van der Waals surface area contributed by atoms with Crippen molar-refractivity contribution in [1.29, 1.82) is 0 Å². The zero-order valence-corrected chi connectivity index (χ0v) is 16.2. The third-order valence-electron chi connectivity index (χ3n) is 4.13. The molecule has 1 unspecified atom stereocenters. The molecule has 29 heavy (non-hydrogen) atoms. The Hall–Kier alpha value is -2.78. The van der Waals surface area contributed by atoms with Crippen molar-refractivity contribution in [3.8, 4) is 0 Å². The van der Waals surface area contributed by atoms with Gasteiger partial charge in [-0.15, -0.1) is 0 Å². The van der Waals surface area contributed by atoms with Gasteiger partial charge >= 0.3 is 18.2 Å². The monoisotopic (exact) mass is 430 g/mol. The minimum Gasteiger partial charge on any atom is -0.466 e. The Balaban J connectivity index is 2.31. The number of ether oxygens (including phenoxy) is 1. The average Bonchev–Trinajstić information content (AvgIpc) is 2.67. The number of nitrogens with one attached hydrogen (secondary N) is 1. The fourth-order valence-corrected chi connectivity index (χ4v) is 2.82. The molecule has 1 atom stereocenters. The zero-order valence-electron chi connectivity index (χ0n) is 15.5.